The second kappa shape index (κ2) is 7.14. The van der Waals surface area contributed by atoms with Gasteiger partial charge in [-0.15, -0.1) is 0 Å². The maximum atomic E-state index is 11.7. The molecule has 0 fully saturated rings. The summed E-state index contributed by atoms with van der Waals surface area (Å²) in [5.74, 6) is -0.0320. The van der Waals surface area contributed by atoms with Crippen LogP contribution in [0.25, 0.3) is 0 Å². The van der Waals surface area contributed by atoms with Gasteiger partial charge in [0.05, 0.1) is 6.10 Å². The fourth-order valence-corrected chi connectivity index (χ4v) is 1.80. The highest BCUT2D eigenvalue weighted by Crippen LogP contribution is 2.18. The molecule has 1 rings (SSSR count). The maximum Gasteiger partial charge on any atom is 0.251 e. The van der Waals surface area contributed by atoms with Crippen LogP contribution in [0.1, 0.15) is 36.7 Å². The number of benzene rings is 1. The Kier molecular flexibility index (Phi) is 5.83. The SMILES string of the molecule is CCNC(=O)c1ccc(NC(C)C(C)OC)c(C)c1. The fraction of sp³-hybridized carbons (Fsp3) is 0.533. The highest BCUT2D eigenvalue weighted by Gasteiger charge is 2.13. The second-order valence-electron chi connectivity index (χ2n) is 4.76. The van der Waals surface area contributed by atoms with Gasteiger partial charge in [0.25, 0.3) is 5.91 Å². The first kappa shape index (κ1) is 15.5. The number of hydrogen-bond acceptors (Lipinski definition) is 3. The average molecular weight is 264 g/mol. The van der Waals surface area contributed by atoms with Crippen LogP contribution in [0.4, 0.5) is 5.69 Å². The molecule has 0 aliphatic heterocycles. The Balaban J connectivity index is 2.80. The summed E-state index contributed by atoms with van der Waals surface area (Å²) in [4.78, 5) is 11.7. The van der Waals surface area contributed by atoms with E-state index >= 15 is 0 Å². The van der Waals surface area contributed by atoms with Gasteiger partial charge in [0, 0.05) is 30.9 Å². The molecule has 0 saturated heterocycles. The molecule has 0 radical (unpaired) electrons. The van der Waals surface area contributed by atoms with E-state index in [9.17, 15) is 4.79 Å². The van der Waals surface area contributed by atoms with Crippen molar-refractivity contribution in [2.24, 2.45) is 0 Å². The maximum absolute atomic E-state index is 11.7. The lowest BCUT2D eigenvalue weighted by Gasteiger charge is -2.22. The Bertz CT molecular complexity index is 432. The monoisotopic (exact) mass is 264 g/mol. The number of methoxy groups -OCH3 is 1. The van der Waals surface area contributed by atoms with Gasteiger partial charge in [-0.3, -0.25) is 4.79 Å². The molecule has 0 bridgehead atoms. The molecule has 2 N–H and O–H groups in total. The van der Waals surface area contributed by atoms with Crippen LogP contribution in [0, 0.1) is 6.92 Å². The van der Waals surface area contributed by atoms with Gasteiger partial charge < -0.3 is 15.4 Å². The van der Waals surface area contributed by atoms with E-state index in [0.717, 1.165) is 11.3 Å². The first-order valence-electron chi connectivity index (χ1n) is 6.67. The van der Waals surface area contributed by atoms with E-state index in [0.29, 0.717) is 12.1 Å². The minimum atomic E-state index is -0.0320. The molecule has 1 aromatic carbocycles. The van der Waals surface area contributed by atoms with Gasteiger partial charge in [-0.25, -0.2) is 0 Å². The molecule has 0 heterocycles. The van der Waals surface area contributed by atoms with E-state index in [4.69, 9.17) is 4.74 Å². The normalized spacial score (nSPS) is 13.7. The first-order valence-corrected chi connectivity index (χ1v) is 6.67. The molecule has 19 heavy (non-hydrogen) atoms. The van der Waals surface area contributed by atoms with Gasteiger partial charge in [-0.1, -0.05) is 0 Å². The van der Waals surface area contributed by atoms with Crippen molar-refractivity contribution in [3.63, 3.8) is 0 Å². The van der Waals surface area contributed by atoms with Crippen molar-refractivity contribution in [1.82, 2.24) is 5.32 Å². The van der Waals surface area contributed by atoms with E-state index in [1.165, 1.54) is 0 Å². The molecule has 2 atom stereocenters. The average Bonchev–Trinajstić information content (AvgIpc) is 2.40. The number of carbonyl (C=O) groups excluding carboxylic acids is 1. The summed E-state index contributed by atoms with van der Waals surface area (Å²) in [5, 5.41) is 6.20. The van der Waals surface area contributed by atoms with Crippen LogP contribution in [0.3, 0.4) is 0 Å². The van der Waals surface area contributed by atoms with Crippen LogP contribution in [0.15, 0.2) is 18.2 Å². The Morgan fingerprint density at radius 3 is 2.58 bits per heavy atom. The van der Waals surface area contributed by atoms with Crippen molar-refractivity contribution < 1.29 is 9.53 Å². The molecular weight excluding hydrogens is 240 g/mol. The van der Waals surface area contributed by atoms with E-state index in [1.54, 1.807) is 7.11 Å². The third kappa shape index (κ3) is 4.24. The number of carbonyl (C=O) groups is 1. The lowest BCUT2D eigenvalue weighted by molar-refractivity contribution is 0.0955. The summed E-state index contributed by atoms with van der Waals surface area (Å²) in [7, 11) is 1.70. The fourth-order valence-electron chi connectivity index (χ4n) is 1.80. The van der Waals surface area contributed by atoms with Crippen LogP contribution in [0.5, 0.6) is 0 Å². The van der Waals surface area contributed by atoms with Crippen LogP contribution in [0.2, 0.25) is 0 Å². The quantitative estimate of drug-likeness (QED) is 0.830. The highest BCUT2D eigenvalue weighted by molar-refractivity contribution is 5.94. The minimum Gasteiger partial charge on any atom is -0.380 e. The topological polar surface area (TPSA) is 50.4 Å². The number of rotatable bonds is 6. The molecular formula is C15H24N2O2. The number of ether oxygens (including phenoxy) is 1. The summed E-state index contributed by atoms with van der Waals surface area (Å²) in [6.45, 7) is 8.64. The van der Waals surface area contributed by atoms with E-state index in [-0.39, 0.29) is 18.1 Å². The molecule has 0 aliphatic carbocycles. The van der Waals surface area contributed by atoms with Crippen LogP contribution >= 0.6 is 0 Å². The molecule has 0 aromatic heterocycles. The van der Waals surface area contributed by atoms with Gasteiger partial charge in [0.15, 0.2) is 0 Å². The lowest BCUT2D eigenvalue weighted by atomic mass is 10.1. The van der Waals surface area contributed by atoms with Gasteiger partial charge >= 0.3 is 0 Å². The number of anilines is 1. The Morgan fingerprint density at radius 2 is 2.05 bits per heavy atom. The molecule has 106 valence electrons. The summed E-state index contributed by atoms with van der Waals surface area (Å²) in [6.07, 6.45) is 0.127. The number of hydrogen-bond donors (Lipinski definition) is 2. The van der Waals surface area contributed by atoms with Crippen molar-refractivity contribution >= 4 is 11.6 Å². The predicted octanol–water partition coefficient (Wildman–Crippen LogP) is 2.58. The first-order chi connectivity index (χ1) is 8.99. The third-order valence-corrected chi connectivity index (χ3v) is 3.29. The summed E-state index contributed by atoms with van der Waals surface area (Å²) in [5.41, 5.74) is 2.78. The summed E-state index contributed by atoms with van der Waals surface area (Å²) in [6, 6.07) is 5.89. The van der Waals surface area contributed by atoms with Crippen LogP contribution < -0.4 is 10.6 Å². The van der Waals surface area contributed by atoms with Crippen molar-refractivity contribution in [1.29, 1.82) is 0 Å². The molecule has 4 heteroatoms. The van der Waals surface area contributed by atoms with Gasteiger partial charge in [0.1, 0.15) is 0 Å². The van der Waals surface area contributed by atoms with Gasteiger partial charge in [-0.2, -0.15) is 0 Å². The molecule has 1 amide bonds. The van der Waals surface area contributed by atoms with Crippen LogP contribution in [-0.2, 0) is 4.74 Å². The molecule has 2 unspecified atom stereocenters. The van der Waals surface area contributed by atoms with Crippen molar-refractivity contribution in [3.05, 3.63) is 29.3 Å². The zero-order valence-electron chi connectivity index (χ0n) is 12.4. The van der Waals surface area contributed by atoms with Crippen molar-refractivity contribution in [2.75, 3.05) is 19.0 Å². The largest absolute Gasteiger partial charge is 0.380 e. The Morgan fingerprint density at radius 1 is 1.37 bits per heavy atom. The zero-order valence-corrected chi connectivity index (χ0v) is 12.4. The van der Waals surface area contributed by atoms with E-state index in [1.807, 2.05) is 39.0 Å². The van der Waals surface area contributed by atoms with E-state index < -0.39 is 0 Å². The van der Waals surface area contributed by atoms with Crippen molar-refractivity contribution in [3.8, 4) is 0 Å². The molecule has 0 saturated carbocycles. The summed E-state index contributed by atoms with van der Waals surface area (Å²) >= 11 is 0. The summed E-state index contributed by atoms with van der Waals surface area (Å²) < 4.78 is 5.29. The van der Waals surface area contributed by atoms with Gasteiger partial charge in [-0.05, 0) is 51.5 Å². The van der Waals surface area contributed by atoms with Gasteiger partial charge in [0.2, 0.25) is 0 Å². The van der Waals surface area contributed by atoms with Crippen LogP contribution in [-0.4, -0.2) is 31.7 Å². The standard InChI is InChI=1S/C15H24N2O2/c1-6-16-15(18)13-7-8-14(10(2)9-13)17-11(3)12(4)19-5/h7-9,11-12,17H,6H2,1-5H3,(H,16,18). The highest BCUT2D eigenvalue weighted by atomic mass is 16.5. The Hall–Kier alpha value is -1.55. The lowest BCUT2D eigenvalue weighted by Crippen LogP contribution is -2.30. The third-order valence-electron chi connectivity index (χ3n) is 3.29. The molecule has 4 nitrogen and oxygen atoms in total. The molecule has 1 aromatic rings. The minimum absolute atomic E-state index is 0.0320. The predicted molar refractivity (Wildman–Crippen MR) is 78.7 cm³/mol. The number of aryl methyl sites for hydroxylation is 1. The smallest absolute Gasteiger partial charge is 0.251 e. The number of nitrogens with one attached hydrogen (secondary N) is 2. The molecule has 0 spiro atoms. The van der Waals surface area contributed by atoms with Crippen molar-refractivity contribution in [2.45, 2.75) is 39.8 Å². The van der Waals surface area contributed by atoms with E-state index in [2.05, 4.69) is 17.6 Å². The number of amides is 1. The zero-order chi connectivity index (χ0) is 14.4. The Labute approximate surface area is 115 Å². The second-order valence-corrected chi connectivity index (χ2v) is 4.76. The molecule has 0 aliphatic rings.